The summed E-state index contributed by atoms with van der Waals surface area (Å²) in [4.78, 5) is 11.3. The standard InChI is InChI=1S/C14H18N4O4/c1-3-21-6-7-22-11-8-9(4-5-10(11)20-2)12-13(14(15)19)17-18-16-12/h4-5,8H,3,6-7H2,1-2H3,(H2,15,19)(H,16,17,18). The van der Waals surface area contributed by atoms with Crippen LogP contribution in [0, 0.1) is 0 Å². The molecular weight excluding hydrogens is 288 g/mol. The average Bonchev–Trinajstić information content (AvgIpc) is 3.01. The number of primary amides is 1. The van der Waals surface area contributed by atoms with E-state index in [-0.39, 0.29) is 5.69 Å². The molecule has 8 heteroatoms. The average molecular weight is 306 g/mol. The lowest BCUT2D eigenvalue weighted by Crippen LogP contribution is -2.12. The normalized spacial score (nSPS) is 10.5. The summed E-state index contributed by atoms with van der Waals surface area (Å²) in [5.41, 5.74) is 6.36. The van der Waals surface area contributed by atoms with E-state index in [0.717, 1.165) is 0 Å². The molecule has 8 nitrogen and oxygen atoms in total. The Balaban J connectivity index is 2.26. The van der Waals surface area contributed by atoms with Crippen molar-refractivity contribution in [3.8, 4) is 22.8 Å². The fourth-order valence-electron chi connectivity index (χ4n) is 1.90. The lowest BCUT2D eigenvalue weighted by atomic mass is 10.1. The first-order valence-electron chi connectivity index (χ1n) is 6.76. The number of methoxy groups -OCH3 is 1. The van der Waals surface area contributed by atoms with Gasteiger partial charge in [0.05, 0.1) is 13.7 Å². The number of H-pyrrole nitrogens is 1. The number of nitrogens with one attached hydrogen (secondary N) is 1. The number of aromatic nitrogens is 3. The molecule has 0 fully saturated rings. The van der Waals surface area contributed by atoms with Crippen molar-refractivity contribution in [1.82, 2.24) is 15.4 Å². The second-order valence-corrected chi connectivity index (χ2v) is 4.30. The van der Waals surface area contributed by atoms with Crippen molar-refractivity contribution in [2.45, 2.75) is 6.92 Å². The maximum Gasteiger partial charge on any atom is 0.271 e. The Morgan fingerprint density at radius 2 is 2.09 bits per heavy atom. The van der Waals surface area contributed by atoms with E-state index in [4.69, 9.17) is 19.9 Å². The van der Waals surface area contributed by atoms with Crippen LogP contribution in [0.3, 0.4) is 0 Å². The van der Waals surface area contributed by atoms with Crippen LogP contribution in [0.1, 0.15) is 17.4 Å². The van der Waals surface area contributed by atoms with E-state index in [9.17, 15) is 4.79 Å². The molecule has 0 radical (unpaired) electrons. The largest absolute Gasteiger partial charge is 0.493 e. The predicted octanol–water partition coefficient (Wildman–Crippen LogP) is 0.994. The number of rotatable bonds is 8. The second-order valence-electron chi connectivity index (χ2n) is 4.30. The van der Waals surface area contributed by atoms with Gasteiger partial charge in [-0.1, -0.05) is 0 Å². The third-order valence-electron chi connectivity index (χ3n) is 2.91. The van der Waals surface area contributed by atoms with E-state index in [1.165, 1.54) is 0 Å². The summed E-state index contributed by atoms with van der Waals surface area (Å²) in [5.74, 6) is 0.445. The lowest BCUT2D eigenvalue weighted by Gasteiger charge is -2.12. The van der Waals surface area contributed by atoms with Crippen LogP contribution in [0.15, 0.2) is 18.2 Å². The molecule has 0 saturated carbocycles. The van der Waals surface area contributed by atoms with Crippen molar-refractivity contribution < 1.29 is 19.0 Å². The summed E-state index contributed by atoms with van der Waals surface area (Å²) in [6.07, 6.45) is 0. The molecule has 0 aliphatic carbocycles. The molecule has 0 bridgehead atoms. The Morgan fingerprint density at radius 3 is 2.77 bits per heavy atom. The van der Waals surface area contributed by atoms with Gasteiger partial charge in [-0.15, -0.1) is 0 Å². The number of hydrogen-bond acceptors (Lipinski definition) is 6. The minimum absolute atomic E-state index is 0.0745. The van der Waals surface area contributed by atoms with Crippen LogP contribution in [0.2, 0.25) is 0 Å². The molecule has 1 amide bonds. The molecule has 3 N–H and O–H groups in total. The third kappa shape index (κ3) is 3.53. The number of nitrogens with two attached hydrogens (primary N) is 1. The van der Waals surface area contributed by atoms with E-state index >= 15 is 0 Å². The Kier molecular flexibility index (Phi) is 5.31. The molecule has 1 aromatic heterocycles. The number of amides is 1. The molecular formula is C14H18N4O4. The van der Waals surface area contributed by atoms with E-state index in [0.29, 0.717) is 42.6 Å². The van der Waals surface area contributed by atoms with Gasteiger partial charge in [-0.2, -0.15) is 15.4 Å². The zero-order valence-electron chi connectivity index (χ0n) is 12.5. The Labute approximate surface area is 127 Å². The van der Waals surface area contributed by atoms with Crippen LogP contribution in [0.25, 0.3) is 11.3 Å². The monoisotopic (exact) mass is 306 g/mol. The van der Waals surface area contributed by atoms with Gasteiger partial charge in [0, 0.05) is 12.2 Å². The number of nitrogens with zero attached hydrogens (tertiary/aromatic N) is 2. The van der Waals surface area contributed by atoms with Gasteiger partial charge in [-0.05, 0) is 25.1 Å². The van der Waals surface area contributed by atoms with Gasteiger partial charge in [0.2, 0.25) is 0 Å². The Morgan fingerprint density at radius 1 is 1.27 bits per heavy atom. The molecule has 0 saturated heterocycles. The molecule has 0 spiro atoms. The highest BCUT2D eigenvalue weighted by Gasteiger charge is 2.17. The summed E-state index contributed by atoms with van der Waals surface area (Å²) in [7, 11) is 1.55. The zero-order chi connectivity index (χ0) is 15.9. The number of benzene rings is 1. The van der Waals surface area contributed by atoms with Gasteiger partial charge in [0.25, 0.3) is 5.91 Å². The second kappa shape index (κ2) is 7.41. The maximum atomic E-state index is 11.3. The summed E-state index contributed by atoms with van der Waals surface area (Å²) in [6.45, 7) is 3.40. The summed E-state index contributed by atoms with van der Waals surface area (Å²) in [6, 6.07) is 5.19. The Bertz CT molecular complexity index is 642. The summed E-state index contributed by atoms with van der Waals surface area (Å²) < 4.78 is 16.1. The van der Waals surface area contributed by atoms with Gasteiger partial charge in [-0.25, -0.2) is 0 Å². The smallest absolute Gasteiger partial charge is 0.271 e. The van der Waals surface area contributed by atoms with Crippen LogP contribution in [0.4, 0.5) is 0 Å². The van der Waals surface area contributed by atoms with E-state index in [2.05, 4.69) is 15.4 Å². The van der Waals surface area contributed by atoms with Crippen molar-refractivity contribution in [3.05, 3.63) is 23.9 Å². The van der Waals surface area contributed by atoms with Gasteiger partial charge in [0.1, 0.15) is 12.3 Å². The van der Waals surface area contributed by atoms with Crippen LogP contribution in [-0.4, -0.2) is 48.2 Å². The quantitative estimate of drug-likeness (QED) is 0.703. The molecule has 2 aromatic rings. The molecule has 118 valence electrons. The first-order chi connectivity index (χ1) is 10.7. The number of carbonyl (C=O) groups is 1. The third-order valence-corrected chi connectivity index (χ3v) is 2.91. The number of carbonyl (C=O) groups excluding carboxylic acids is 1. The molecule has 1 heterocycles. The minimum Gasteiger partial charge on any atom is -0.493 e. The minimum atomic E-state index is -0.654. The molecule has 1 aromatic carbocycles. The molecule has 0 unspecified atom stereocenters. The van der Waals surface area contributed by atoms with Crippen molar-refractivity contribution in [2.24, 2.45) is 5.73 Å². The highest BCUT2D eigenvalue weighted by molar-refractivity contribution is 5.96. The Hall–Kier alpha value is -2.61. The fraction of sp³-hybridized carbons (Fsp3) is 0.357. The lowest BCUT2D eigenvalue weighted by molar-refractivity contribution is 0.0996. The molecule has 22 heavy (non-hydrogen) atoms. The van der Waals surface area contributed by atoms with Crippen LogP contribution in [-0.2, 0) is 4.74 Å². The summed E-state index contributed by atoms with van der Waals surface area (Å²) in [5, 5.41) is 10.1. The van der Waals surface area contributed by atoms with E-state index in [1.807, 2.05) is 6.92 Å². The van der Waals surface area contributed by atoms with Crippen molar-refractivity contribution in [1.29, 1.82) is 0 Å². The SMILES string of the molecule is CCOCCOc1cc(-c2n[nH]nc2C(N)=O)ccc1OC. The van der Waals surface area contributed by atoms with Crippen molar-refractivity contribution in [2.75, 3.05) is 26.9 Å². The number of aromatic amines is 1. The molecule has 2 rings (SSSR count). The number of hydrogen-bond donors (Lipinski definition) is 2. The van der Waals surface area contributed by atoms with E-state index in [1.54, 1.807) is 25.3 Å². The highest BCUT2D eigenvalue weighted by Crippen LogP contribution is 2.32. The molecule has 0 aliphatic rings. The first kappa shape index (κ1) is 15.8. The number of ether oxygens (including phenoxy) is 3. The van der Waals surface area contributed by atoms with Crippen LogP contribution >= 0.6 is 0 Å². The highest BCUT2D eigenvalue weighted by atomic mass is 16.5. The van der Waals surface area contributed by atoms with Crippen LogP contribution < -0.4 is 15.2 Å². The zero-order valence-corrected chi connectivity index (χ0v) is 12.5. The fourth-order valence-corrected chi connectivity index (χ4v) is 1.90. The van der Waals surface area contributed by atoms with Crippen LogP contribution in [0.5, 0.6) is 11.5 Å². The summed E-state index contributed by atoms with van der Waals surface area (Å²) >= 11 is 0. The predicted molar refractivity (Wildman–Crippen MR) is 78.9 cm³/mol. The van der Waals surface area contributed by atoms with Crippen molar-refractivity contribution in [3.63, 3.8) is 0 Å². The van der Waals surface area contributed by atoms with E-state index < -0.39 is 5.91 Å². The van der Waals surface area contributed by atoms with Gasteiger partial charge >= 0.3 is 0 Å². The van der Waals surface area contributed by atoms with Crippen molar-refractivity contribution >= 4 is 5.91 Å². The molecule has 0 aliphatic heterocycles. The first-order valence-corrected chi connectivity index (χ1v) is 6.76. The van der Waals surface area contributed by atoms with Gasteiger partial charge < -0.3 is 19.9 Å². The topological polar surface area (TPSA) is 112 Å². The van der Waals surface area contributed by atoms with Gasteiger partial charge in [0.15, 0.2) is 17.2 Å². The van der Waals surface area contributed by atoms with Gasteiger partial charge in [-0.3, -0.25) is 4.79 Å². The molecule has 0 atom stereocenters. The maximum absolute atomic E-state index is 11.3.